The van der Waals surface area contributed by atoms with Crippen molar-refractivity contribution in [3.63, 3.8) is 0 Å². The normalized spacial score (nSPS) is 23.8. The Bertz CT molecular complexity index is 1240. The van der Waals surface area contributed by atoms with Crippen LogP contribution in [0.25, 0.3) is 10.9 Å². The summed E-state index contributed by atoms with van der Waals surface area (Å²) in [5.41, 5.74) is 2.61. The number of aromatic nitrogens is 2. The molecule has 1 saturated heterocycles. The van der Waals surface area contributed by atoms with Crippen LogP contribution in [0.3, 0.4) is 0 Å². The summed E-state index contributed by atoms with van der Waals surface area (Å²) in [6, 6.07) is 9.74. The van der Waals surface area contributed by atoms with Crippen LogP contribution >= 0.6 is 11.3 Å². The Morgan fingerprint density at radius 3 is 2.78 bits per heavy atom. The predicted molar refractivity (Wildman–Crippen MR) is 138 cm³/mol. The van der Waals surface area contributed by atoms with Gasteiger partial charge in [0, 0.05) is 41.2 Å². The molecule has 0 radical (unpaired) electrons. The molecule has 1 saturated carbocycles. The average molecular weight is 512 g/mol. The van der Waals surface area contributed by atoms with Crippen molar-refractivity contribution in [1.82, 2.24) is 20.2 Å². The van der Waals surface area contributed by atoms with Crippen molar-refractivity contribution in [2.75, 3.05) is 31.1 Å². The molecule has 2 fully saturated rings. The Hall–Kier alpha value is -2.65. The molecule has 0 unspecified atom stereocenters. The van der Waals surface area contributed by atoms with E-state index in [2.05, 4.69) is 15.2 Å². The van der Waals surface area contributed by atoms with Gasteiger partial charge >= 0.3 is 0 Å². The number of pyridine rings is 1. The van der Waals surface area contributed by atoms with Crippen molar-refractivity contribution in [3.05, 3.63) is 52.7 Å². The van der Waals surface area contributed by atoms with Gasteiger partial charge in [-0.05, 0) is 69.2 Å². The Kier molecular flexibility index (Phi) is 6.37. The molecule has 0 bridgehead atoms. The monoisotopic (exact) mass is 511 g/mol. The Balaban J connectivity index is 0.960. The first-order valence-electron chi connectivity index (χ1n) is 12.9. The van der Waals surface area contributed by atoms with E-state index in [1.54, 1.807) is 22.4 Å². The lowest BCUT2D eigenvalue weighted by atomic mass is 9.84. The third-order valence-corrected chi connectivity index (χ3v) is 9.05. The summed E-state index contributed by atoms with van der Waals surface area (Å²) in [5.74, 6) is -1.89. The molecule has 190 valence electrons. The fourth-order valence-electron chi connectivity index (χ4n) is 5.74. The predicted octanol–water partition coefficient (Wildman–Crippen LogP) is 4.88. The minimum atomic E-state index is -2.56. The zero-order valence-corrected chi connectivity index (χ0v) is 21.1. The molecule has 2 aromatic heterocycles. The van der Waals surface area contributed by atoms with Crippen molar-refractivity contribution >= 4 is 33.3 Å². The number of carbonyl (C=O) groups is 1. The number of rotatable bonds is 6. The number of halogens is 2. The summed E-state index contributed by atoms with van der Waals surface area (Å²) in [7, 11) is 0. The average Bonchev–Trinajstić information content (AvgIpc) is 3.29. The number of carbonyl (C=O) groups excluding carboxylic acids is 1. The molecular formula is C27H31F2N5OS. The number of hydrogen-bond acceptors (Lipinski definition) is 6. The molecule has 6 nitrogen and oxygen atoms in total. The maximum Gasteiger partial charge on any atom is 0.282 e. The summed E-state index contributed by atoms with van der Waals surface area (Å²) in [6.07, 6.45) is 8.15. The van der Waals surface area contributed by atoms with Gasteiger partial charge in [-0.2, -0.15) is 0 Å². The second-order valence-corrected chi connectivity index (χ2v) is 11.5. The van der Waals surface area contributed by atoms with E-state index in [1.807, 2.05) is 30.3 Å². The Morgan fingerprint density at radius 1 is 1.14 bits per heavy atom. The highest BCUT2D eigenvalue weighted by Gasteiger charge is 2.45. The SMILES string of the molecule is O=C(N[C@H]1CC[C@H](CCN2CCc3sc(N4CC(F)(F)C4)nc3C2)CC1)c1cccc2ncccc12. The van der Waals surface area contributed by atoms with E-state index < -0.39 is 5.92 Å². The summed E-state index contributed by atoms with van der Waals surface area (Å²) in [6.45, 7) is 2.47. The smallest absolute Gasteiger partial charge is 0.282 e. The third-order valence-electron chi connectivity index (χ3n) is 7.84. The molecular weight excluding hydrogens is 480 g/mol. The van der Waals surface area contributed by atoms with Crippen LogP contribution in [0.15, 0.2) is 36.5 Å². The van der Waals surface area contributed by atoms with Crippen LogP contribution in [-0.2, 0) is 13.0 Å². The van der Waals surface area contributed by atoms with E-state index in [0.717, 1.165) is 79.9 Å². The number of nitrogens with one attached hydrogen (secondary N) is 1. The van der Waals surface area contributed by atoms with E-state index in [9.17, 15) is 13.6 Å². The van der Waals surface area contributed by atoms with Crippen molar-refractivity contribution in [1.29, 1.82) is 0 Å². The first kappa shape index (κ1) is 23.7. The number of amides is 1. The second kappa shape index (κ2) is 9.67. The number of hydrogen-bond donors (Lipinski definition) is 1. The minimum absolute atomic E-state index is 0.00857. The van der Waals surface area contributed by atoms with Gasteiger partial charge in [-0.3, -0.25) is 14.7 Å². The van der Waals surface area contributed by atoms with Crippen LogP contribution in [0.2, 0.25) is 0 Å². The summed E-state index contributed by atoms with van der Waals surface area (Å²) >= 11 is 1.59. The molecule has 3 aromatic rings. The van der Waals surface area contributed by atoms with Gasteiger partial charge in [0.15, 0.2) is 5.13 Å². The number of anilines is 1. The molecule has 3 aliphatic rings. The number of alkyl halides is 2. The number of nitrogens with zero attached hydrogens (tertiary/aromatic N) is 4. The zero-order valence-electron chi connectivity index (χ0n) is 20.3. The van der Waals surface area contributed by atoms with Crippen LogP contribution < -0.4 is 10.2 Å². The molecule has 1 N–H and O–H groups in total. The molecule has 9 heteroatoms. The van der Waals surface area contributed by atoms with Gasteiger partial charge in [-0.25, -0.2) is 13.8 Å². The van der Waals surface area contributed by atoms with Crippen molar-refractivity contribution in [3.8, 4) is 0 Å². The highest BCUT2D eigenvalue weighted by molar-refractivity contribution is 7.15. The lowest BCUT2D eigenvalue weighted by molar-refractivity contribution is -0.0263. The quantitative estimate of drug-likeness (QED) is 0.511. The zero-order chi connectivity index (χ0) is 24.7. The first-order valence-corrected chi connectivity index (χ1v) is 13.7. The highest BCUT2D eigenvalue weighted by atomic mass is 32.1. The molecule has 4 heterocycles. The molecule has 1 amide bonds. The maximum atomic E-state index is 13.2. The summed E-state index contributed by atoms with van der Waals surface area (Å²) in [5, 5.41) is 4.91. The summed E-state index contributed by atoms with van der Waals surface area (Å²) in [4.78, 5) is 27.4. The number of fused-ring (bicyclic) bond motifs is 2. The van der Waals surface area contributed by atoms with Gasteiger partial charge in [0.25, 0.3) is 11.8 Å². The molecule has 36 heavy (non-hydrogen) atoms. The van der Waals surface area contributed by atoms with Crippen molar-refractivity contribution < 1.29 is 13.6 Å². The topological polar surface area (TPSA) is 61.4 Å². The summed E-state index contributed by atoms with van der Waals surface area (Å²) < 4.78 is 26.4. The van der Waals surface area contributed by atoms with Crippen LogP contribution in [-0.4, -0.2) is 58.9 Å². The molecule has 0 atom stereocenters. The lowest BCUT2D eigenvalue weighted by Crippen LogP contribution is -2.56. The van der Waals surface area contributed by atoms with E-state index in [0.29, 0.717) is 11.5 Å². The van der Waals surface area contributed by atoms with Crippen molar-refractivity contribution in [2.45, 2.75) is 57.0 Å². The van der Waals surface area contributed by atoms with E-state index in [1.165, 1.54) is 4.88 Å². The Morgan fingerprint density at radius 2 is 1.97 bits per heavy atom. The van der Waals surface area contributed by atoms with Crippen LogP contribution in [0, 0.1) is 5.92 Å². The van der Waals surface area contributed by atoms with E-state index in [-0.39, 0.29) is 25.0 Å². The number of thiazole rings is 1. The van der Waals surface area contributed by atoms with Crippen LogP contribution in [0.1, 0.15) is 53.0 Å². The molecule has 6 rings (SSSR count). The molecule has 2 aliphatic heterocycles. The van der Waals surface area contributed by atoms with E-state index >= 15 is 0 Å². The van der Waals surface area contributed by atoms with E-state index in [4.69, 9.17) is 4.98 Å². The van der Waals surface area contributed by atoms with Crippen molar-refractivity contribution in [2.24, 2.45) is 5.92 Å². The van der Waals surface area contributed by atoms with Gasteiger partial charge in [-0.15, -0.1) is 11.3 Å². The second-order valence-electron chi connectivity index (χ2n) is 10.5. The molecule has 1 aromatic carbocycles. The van der Waals surface area contributed by atoms with Gasteiger partial charge < -0.3 is 10.2 Å². The van der Waals surface area contributed by atoms with Gasteiger partial charge in [0.05, 0.1) is 24.3 Å². The van der Waals surface area contributed by atoms with Crippen LogP contribution in [0.5, 0.6) is 0 Å². The minimum Gasteiger partial charge on any atom is -0.349 e. The fraction of sp³-hybridized carbons (Fsp3) is 0.519. The highest BCUT2D eigenvalue weighted by Crippen LogP contribution is 2.37. The maximum absolute atomic E-state index is 13.2. The largest absolute Gasteiger partial charge is 0.349 e. The molecule has 1 aliphatic carbocycles. The fourth-order valence-corrected chi connectivity index (χ4v) is 6.79. The van der Waals surface area contributed by atoms with Gasteiger partial charge in [-0.1, -0.05) is 12.1 Å². The molecule has 0 spiro atoms. The lowest BCUT2D eigenvalue weighted by Gasteiger charge is -2.38. The Labute approximate surface area is 213 Å². The standard InChI is InChI=1S/C27H31F2N5OS/c28-27(29)16-34(17-27)26-32-23-15-33(14-11-24(23)36-26)13-10-18-6-8-19(9-7-18)31-25(35)21-3-1-5-22-20(21)4-2-12-30-22/h1-5,12,18-19H,6-11,13-17H2,(H,31,35)/t18-,19-. The number of benzene rings is 1. The van der Waals surface area contributed by atoms with Gasteiger partial charge in [0.2, 0.25) is 0 Å². The third kappa shape index (κ3) is 4.95. The van der Waals surface area contributed by atoms with Gasteiger partial charge in [0.1, 0.15) is 0 Å². The van der Waals surface area contributed by atoms with Crippen LogP contribution in [0.4, 0.5) is 13.9 Å². The first-order chi connectivity index (χ1) is 17.4.